The highest BCUT2D eigenvalue weighted by Gasteiger charge is 2.45. The molecular formula is C21H30N2O4. The SMILES string of the molecule is COc1ccccc1OC(C)(C)C(=O)N1CCN2[C@@H](COC[C@@H]2C2CC2)C1. The summed E-state index contributed by atoms with van der Waals surface area (Å²) < 4.78 is 17.3. The van der Waals surface area contributed by atoms with Crippen molar-refractivity contribution < 1.29 is 19.0 Å². The van der Waals surface area contributed by atoms with Crippen LogP contribution in [0, 0.1) is 5.92 Å². The molecule has 0 radical (unpaired) electrons. The zero-order chi connectivity index (χ0) is 19.0. The molecule has 0 N–H and O–H groups in total. The van der Waals surface area contributed by atoms with Crippen LogP contribution < -0.4 is 9.47 Å². The molecule has 0 unspecified atom stereocenters. The zero-order valence-electron chi connectivity index (χ0n) is 16.5. The van der Waals surface area contributed by atoms with Gasteiger partial charge in [0.1, 0.15) is 0 Å². The molecule has 0 aromatic heterocycles. The normalized spacial score (nSPS) is 26.4. The standard InChI is InChI=1S/C21H30N2O4/c1-21(2,27-19-7-5-4-6-18(19)25-3)20(24)22-10-11-23-16(12-22)13-26-14-17(23)15-8-9-15/h4-7,15-17H,8-14H2,1-3H3/t16-,17-/m1/s1. The molecular weight excluding hydrogens is 344 g/mol. The van der Waals surface area contributed by atoms with Gasteiger partial charge in [-0.05, 0) is 44.7 Å². The number of morpholine rings is 1. The maximum absolute atomic E-state index is 13.2. The minimum Gasteiger partial charge on any atom is -0.493 e. The Bertz CT molecular complexity index is 689. The van der Waals surface area contributed by atoms with Crippen LogP contribution in [0.15, 0.2) is 24.3 Å². The number of amides is 1. The fourth-order valence-electron chi connectivity index (χ4n) is 4.35. The maximum Gasteiger partial charge on any atom is 0.266 e. The van der Waals surface area contributed by atoms with Crippen LogP contribution in [0.5, 0.6) is 11.5 Å². The average molecular weight is 374 g/mol. The molecule has 0 spiro atoms. The summed E-state index contributed by atoms with van der Waals surface area (Å²) in [5, 5.41) is 0. The number of ether oxygens (including phenoxy) is 3. The molecule has 6 nitrogen and oxygen atoms in total. The molecule has 4 rings (SSSR count). The number of benzene rings is 1. The second kappa shape index (κ2) is 7.32. The van der Waals surface area contributed by atoms with Crippen molar-refractivity contribution in [3.63, 3.8) is 0 Å². The molecule has 1 aromatic carbocycles. The van der Waals surface area contributed by atoms with Gasteiger partial charge in [0.15, 0.2) is 17.1 Å². The van der Waals surface area contributed by atoms with Crippen molar-refractivity contribution in [1.29, 1.82) is 0 Å². The number of hydrogen-bond acceptors (Lipinski definition) is 5. The third-order valence-corrected chi connectivity index (χ3v) is 5.96. The van der Waals surface area contributed by atoms with E-state index in [1.807, 2.05) is 43.0 Å². The fourth-order valence-corrected chi connectivity index (χ4v) is 4.35. The summed E-state index contributed by atoms with van der Waals surface area (Å²) >= 11 is 0. The van der Waals surface area contributed by atoms with E-state index in [4.69, 9.17) is 14.2 Å². The predicted octanol–water partition coefficient (Wildman–Crippen LogP) is 2.17. The van der Waals surface area contributed by atoms with Gasteiger partial charge >= 0.3 is 0 Å². The van der Waals surface area contributed by atoms with E-state index < -0.39 is 5.60 Å². The van der Waals surface area contributed by atoms with E-state index in [9.17, 15) is 4.79 Å². The number of para-hydroxylation sites is 2. The van der Waals surface area contributed by atoms with Gasteiger partial charge in [0.2, 0.25) is 0 Å². The Labute approximate surface area is 161 Å². The maximum atomic E-state index is 13.2. The lowest BCUT2D eigenvalue weighted by molar-refractivity contribution is -0.153. The number of nitrogens with zero attached hydrogens (tertiary/aromatic N) is 2. The second-order valence-corrected chi connectivity index (χ2v) is 8.35. The van der Waals surface area contributed by atoms with Crippen molar-refractivity contribution in [2.45, 2.75) is 44.4 Å². The van der Waals surface area contributed by atoms with Gasteiger partial charge in [0.05, 0.1) is 26.4 Å². The Morgan fingerprint density at radius 3 is 2.59 bits per heavy atom. The van der Waals surface area contributed by atoms with Crippen LogP contribution in [0.3, 0.4) is 0 Å². The lowest BCUT2D eigenvalue weighted by Crippen LogP contribution is -2.65. The number of rotatable bonds is 5. The first-order valence-corrected chi connectivity index (χ1v) is 9.94. The molecule has 2 aliphatic heterocycles. The van der Waals surface area contributed by atoms with Crippen LogP contribution in [-0.2, 0) is 9.53 Å². The van der Waals surface area contributed by atoms with Gasteiger partial charge in [-0.1, -0.05) is 12.1 Å². The van der Waals surface area contributed by atoms with Gasteiger partial charge in [-0.2, -0.15) is 0 Å². The van der Waals surface area contributed by atoms with E-state index in [0.29, 0.717) is 36.7 Å². The summed E-state index contributed by atoms with van der Waals surface area (Å²) in [6.07, 6.45) is 2.64. The van der Waals surface area contributed by atoms with Gasteiger partial charge in [-0.3, -0.25) is 9.69 Å². The molecule has 0 bridgehead atoms. The monoisotopic (exact) mass is 374 g/mol. The third-order valence-electron chi connectivity index (χ3n) is 5.96. The molecule has 2 atom stereocenters. The van der Waals surface area contributed by atoms with E-state index in [-0.39, 0.29) is 5.91 Å². The largest absolute Gasteiger partial charge is 0.493 e. The van der Waals surface area contributed by atoms with E-state index >= 15 is 0 Å². The summed E-state index contributed by atoms with van der Waals surface area (Å²) in [7, 11) is 1.61. The topological polar surface area (TPSA) is 51.2 Å². The van der Waals surface area contributed by atoms with Gasteiger partial charge in [0, 0.05) is 25.7 Å². The molecule has 3 aliphatic rings. The highest BCUT2D eigenvalue weighted by Crippen LogP contribution is 2.38. The molecule has 148 valence electrons. The smallest absolute Gasteiger partial charge is 0.266 e. The Kier molecular flexibility index (Phi) is 5.03. The third kappa shape index (κ3) is 3.78. The van der Waals surface area contributed by atoms with Crippen LogP contribution in [-0.4, -0.2) is 73.3 Å². The average Bonchev–Trinajstić information content (AvgIpc) is 3.51. The molecule has 1 saturated carbocycles. The zero-order valence-corrected chi connectivity index (χ0v) is 16.5. The van der Waals surface area contributed by atoms with Crippen molar-refractivity contribution in [2.24, 2.45) is 5.92 Å². The molecule has 1 amide bonds. The number of piperazine rings is 1. The molecule has 6 heteroatoms. The Morgan fingerprint density at radius 1 is 1.15 bits per heavy atom. The number of fused-ring (bicyclic) bond motifs is 1. The Hall–Kier alpha value is -1.79. The first-order chi connectivity index (χ1) is 13.0. The van der Waals surface area contributed by atoms with Crippen LogP contribution in [0.2, 0.25) is 0 Å². The molecule has 3 fully saturated rings. The Balaban J connectivity index is 1.43. The minimum atomic E-state index is -0.956. The van der Waals surface area contributed by atoms with Gasteiger partial charge in [-0.15, -0.1) is 0 Å². The van der Waals surface area contributed by atoms with Crippen LogP contribution in [0.4, 0.5) is 0 Å². The number of carbonyl (C=O) groups is 1. The summed E-state index contributed by atoms with van der Waals surface area (Å²) in [6, 6.07) is 8.28. The minimum absolute atomic E-state index is 0.0154. The summed E-state index contributed by atoms with van der Waals surface area (Å²) in [5.41, 5.74) is -0.956. The van der Waals surface area contributed by atoms with E-state index in [1.54, 1.807) is 7.11 Å². The highest BCUT2D eigenvalue weighted by atomic mass is 16.5. The quantitative estimate of drug-likeness (QED) is 0.791. The van der Waals surface area contributed by atoms with E-state index in [2.05, 4.69) is 4.90 Å². The summed E-state index contributed by atoms with van der Waals surface area (Å²) in [5.74, 6) is 2.03. The molecule has 2 heterocycles. The second-order valence-electron chi connectivity index (χ2n) is 8.35. The van der Waals surface area contributed by atoms with Crippen LogP contribution in [0.25, 0.3) is 0 Å². The van der Waals surface area contributed by atoms with Crippen molar-refractivity contribution in [1.82, 2.24) is 9.80 Å². The molecule has 2 saturated heterocycles. The van der Waals surface area contributed by atoms with E-state index in [0.717, 1.165) is 25.6 Å². The van der Waals surface area contributed by atoms with Crippen molar-refractivity contribution >= 4 is 5.91 Å². The lowest BCUT2D eigenvalue weighted by Gasteiger charge is -2.49. The lowest BCUT2D eigenvalue weighted by atomic mass is 10.0. The van der Waals surface area contributed by atoms with Crippen molar-refractivity contribution in [2.75, 3.05) is 40.0 Å². The highest BCUT2D eigenvalue weighted by molar-refractivity contribution is 5.85. The predicted molar refractivity (Wildman–Crippen MR) is 102 cm³/mol. The van der Waals surface area contributed by atoms with Crippen LogP contribution >= 0.6 is 0 Å². The summed E-state index contributed by atoms with van der Waals surface area (Å²) in [6.45, 7) is 7.60. The van der Waals surface area contributed by atoms with E-state index in [1.165, 1.54) is 12.8 Å². The van der Waals surface area contributed by atoms with Crippen molar-refractivity contribution in [3.05, 3.63) is 24.3 Å². The van der Waals surface area contributed by atoms with Crippen molar-refractivity contribution in [3.8, 4) is 11.5 Å². The number of carbonyl (C=O) groups excluding carboxylic acids is 1. The number of methoxy groups -OCH3 is 1. The first kappa shape index (κ1) is 18.6. The van der Waals surface area contributed by atoms with Crippen LogP contribution in [0.1, 0.15) is 26.7 Å². The first-order valence-electron chi connectivity index (χ1n) is 9.94. The molecule has 1 aromatic rings. The molecule has 1 aliphatic carbocycles. The number of hydrogen-bond donors (Lipinski definition) is 0. The van der Waals surface area contributed by atoms with Gasteiger partial charge in [-0.25, -0.2) is 0 Å². The molecule has 27 heavy (non-hydrogen) atoms. The van der Waals surface area contributed by atoms with Gasteiger partial charge in [0.25, 0.3) is 5.91 Å². The fraction of sp³-hybridized carbons (Fsp3) is 0.667. The van der Waals surface area contributed by atoms with Gasteiger partial charge < -0.3 is 19.1 Å². The summed E-state index contributed by atoms with van der Waals surface area (Å²) in [4.78, 5) is 17.7. The Morgan fingerprint density at radius 2 is 1.89 bits per heavy atom.